The van der Waals surface area contributed by atoms with E-state index in [1.54, 1.807) is 17.9 Å². The van der Waals surface area contributed by atoms with Crippen molar-refractivity contribution in [2.45, 2.75) is 13.3 Å². The van der Waals surface area contributed by atoms with Crippen LogP contribution in [-0.4, -0.2) is 35.0 Å². The van der Waals surface area contributed by atoms with E-state index in [1.165, 1.54) is 6.08 Å². The van der Waals surface area contributed by atoms with E-state index >= 15 is 0 Å². The van der Waals surface area contributed by atoms with Crippen LogP contribution in [-0.2, 0) is 9.59 Å². The molecule has 1 aromatic carbocycles. The Morgan fingerprint density at radius 2 is 2.00 bits per heavy atom. The molecule has 1 N–H and O–H groups in total. The number of rotatable bonds is 3. The summed E-state index contributed by atoms with van der Waals surface area (Å²) in [6.07, 6.45) is 3.76. The first-order chi connectivity index (χ1) is 9.01. The number of amides is 1. The Balaban J connectivity index is 1.99. The van der Waals surface area contributed by atoms with Crippen LogP contribution in [0.25, 0.3) is 6.08 Å². The number of carboxylic acid groups (broad SMARTS) is 1. The third-order valence-corrected chi connectivity index (χ3v) is 3.52. The van der Waals surface area contributed by atoms with Gasteiger partial charge in [-0.15, -0.1) is 0 Å². The van der Waals surface area contributed by atoms with Crippen LogP contribution in [0.2, 0.25) is 0 Å². The molecule has 1 fully saturated rings. The van der Waals surface area contributed by atoms with Gasteiger partial charge in [-0.3, -0.25) is 9.59 Å². The number of aliphatic carboxylic acids is 1. The van der Waals surface area contributed by atoms with E-state index in [4.69, 9.17) is 5.11 Å². The lowest BCUT2D eigenvalue weighted by Crippen LogP contribution is -2.34. The molecular formula is C15H17NO3. The molecule has 0 saturated carbocycles. The fourth-order valence-corrected chi connectivity index (χ4v) is 2.16. The fourth-order valence-electron chi connectivity index (χ4n) is 2.16. The van der Waals surface area contributed by atoms with Gasteiger partial charge in [0.15, 0.2) is 0 Å². The predicted molar refractivity (Wildman–Crippen MR) is 72.4 cm³/mol. The molecule has 19 heavy (non-hydrogen) atoms. The zero-order valence-electron chi connectivity index (χ0n) is 10.9. The van der Waals surface area contributed by atoms with E-state index < -0.39 is 11.4 Å². The summed E-state index contributed by atoms with van der Waals surface area (Å²) in [5.41, 5.74) is 0.145. The molecule has 1 heterocycles. The molecule has 0 bridgehead atoms. The molecule has 100 valence electrons. The number of hydrogen-bond acceptors (Lipinski definition) is 2. The first kappa shape index (κ1) is 13.3. The summed E-state index contributed by atoms with van der Waals surface area (Å²) in [5.74, 6) is -0.969. The quantitative estimate of drug-likeness (QED) is 0.845. The summed E-state index contributed by atoms with van der Waals surface area (Å²) >= 11 is 0. The molecule has 4 heteroatoms. The van der Waals surface area contributed by atoms with Gasteiger partial charge < -0.3 is 10.0 Å². The highest BCUT2D eigenvalue weighted by Crippen LogP contribution is 2.30. The molecule has 1 aromatic rings. The Kier molecular flexibility index (Phi) is 3.69. The van der Waals surface area contributed by atoms with Gasteiger partial charge in [0, 0.05) is 19.2 Å². The fraction of sp³-hybridized carbons (Fsp3) is 0.333. The Bertz CT molecular complexity index is 509. The minimum absolute atomic E-state index is 0.131. The van der Waals surface area contributed by atoms with Gasteiger partial charge in [-0.25, -0.2) is 0 Å². The van der Waals surface area contributed by atoms with Gasteiger partial charge in [-0.05, 0) is 25.0 Å². The average molecular weight is 259 g/mol. The van der Waals surface area contributed by atoms with Crippen LogP contribution in [0.5, 0.6) is 0 Å². The second-order valence-electron chi connectivity index (χ2n) is 5.12. The Morgan fingerprint density at radius 3 is 2.58 bits per heavy atom. The highest BCUT2D eigenvalue weighted by molar-refractivity contribution is 5.92. The molecule has 1 aliphatic rings. The van der Waals surface area contributed by atoms with E-state index in [0.717, 1.165) is 5.56 Å². The van der Waals surface area contributed by atoms with Crippen molar-refractivity contribution >= 4 is 18.0 Å². The number of carboxylic acids is 1. The summed E-state index contributed by atoms with van der Waals surface area (Å²) in [6.45, 7) is 2.46. The SMILES string of the molecule is C[C@@]1(C(=O)O)CCN(C(=O)/C=C\c2ccccc2)C1. The van der Waals surface area contributed by atoms with Crippen LogP contribution >= 0.6 is 0 Å². The molecule has 4 nitrogen and oxygen atoms in total. The van der Waals surface area contributed by atoms with E-state index in [-0.39, 0.29) is 12.5 Å². The van der Waals surface area contributed by atoms with Crippen molar-refractivity contribution in [1.82, 2.24) is 4.90 Å². The minimum atomic E-state index is -0.838. The van der Waals surface area contributed by atoms with E-state index in [1.807, 2.05) is 30.3 Å². The second kappa shape index (κ2) is 5.26. The topological polar surface area (TPSA) is 57.6 Å². The van der Waals surface area contributed by atoms with Crippen molar-refractivity contribution in [3.8, 4) is 0 Å². The smallest absolute Gasteiger partial charge is 0.311 e. The van der Waals surface area contributed by atoms with Crippen molar-refractivity contribution in [3.05, 3.63) is 42.0 Å². The van der Waals surface area contributed by atoms with Crippen LogP contribution in [0.3, 0.4) is 0 Å². The maximum absolute atomic E-state index is 12.0. The van der Waals surface area contributed by atoms with Gasteiger partial charge in [0.05, 0.1) is 5.41 Å². The lowest BCUT2D eigenvalue weighted by molar-refractivity contribution is -0.147. The molecular weight excluding hydrogens is 242 g/mol. The maximum atomic E-state index is 12.0. The van der Waals surface area contributed by atoms with Gasteiger partial charge in [-0.1, -0.05) is 30.3 Å². The third kappa shape index (κ3) is 3.02. The lowest BCUT2D eigenvalue weighted by atomic mass is 9.90. The van der Waals surface area contributed by atoms with Gasteiger partial charge >= 0.3 is 5.97 Å². The number of nitrogens with zero attached hydrogens (tertiary/aromatic N) is 1. The van der Waals surface area contributed by atoms with E-state index in [0.29, 0.717) is 13.0 Å². The molecule has 1 saturated heterocycles. The van der Waals surface area contributed by atoms with Crippen molar-refractivity contribution < 1.29 is 14.7 Å². The first-order valence-electron chi connectivity index (χ1n) is 6.27. The van der Waals surface area contributed by atoms with Crippen LogP contribution in [0.4, 0.5) is 0 Å². The summed E-state index contributed by atoms with van der Waals surface area (Å²) in [7, 11) is 0. The van der Waals surface area contributed by atoms with Crippen LogP contribution in [0, 0.1) is 5.41 Å². The average Bonchev–Trinajstić information content (AvgIpc) is 2.81. The highest BCUT2D eigenvalue weighted by atomic mass is 16.4. The summed E-state index contributed by atoms with van der Waals surface area (Å²) in [6, 6.07) is 9.55. The van der Waals surface area contributed by atoms with Crippen molar-refractivity contribution in [3.63, 3.8) is 0 Å². The first-order valence-corrected chi connectivity index (χ1v) is 6.27. The monoisotopic (exact) mass is 259 g/mol. The number of likely N-dealkylation sites (tertiary alicyclic amines) is 1. The van der Waals surface area contributed by atoms with Crippen molar-refractivity contribution in [1.29, 1.82) is 0 Å². The van der Waals surface area contributed by atoms with E-state index in [2.05, 4.69) is 0 Å². The van der Waals surface area contributed by atoms with Crippen molar-refractivity contribution in [2.75, 3.05) is 13.1 Å². The molecule has 1 atom stereocenters. The normalized spacial score (nSPS) is 22.9. The van der Waals surface area contributed by atoms with Gasteiger partial charge in [0.25, 0.3) is 0 Å². The molecule has 0 aromatic heterocycles. The lowest BCUT2D eigenvalue weighted by Gasteiger charge is -2.18. The molecule has 0 unspecified atom stereocenters. The molecule has 1 amide bonds. The number of carbonyl (C=O) groups is 2. The molecule has 0 radical (unpaired) electrons. The Morgan fingerprint density at radius 1 is 1.32 bits per heavy atom. The Labute approximate surface area is 112 Å². The third-order valence-electron chi connectivity index (χ3n) is 3.52. The predicted octanol–water partition coefficient (Wildman–Crippen LogP) is 2.02. The zero-order chi connectivity index (χ0) is 13.9. The molecule has 0 aliphatic carbocycles. The summed E-state index contributed by atoms with van der Waals surface area (Å²) in [5, 5.41) is 9.12. The number of benzene rings is 1. The van der Waals surface area contributed by atoms with Crippen molar-refractivity contribution in [2.24, 2.45) is 5.41 Å². The maximum Gasteiger partial charge on any atom is 0.311 e. The second-order valence-corrected chi connectivity index (χ2v) is 5.12. The largest absolute Gasteiger partial charge is 0.481 e. The number of carbonyl (C=O) groups excluding carboxylic acids is 1. The van der Waals surface area contributed by atoms with E-state index in [9.17, 15) is 9.59 Å². The zero-order valence-corrected chi connectivity index (χ0v) is 10.9. The van der Waals surface area contributed by atoms with Gasteiger partial charge in [0.1, 0.15) is 0 Å². The Hall–Kier alpha value is -2.10. The molecule has 2 rings (SSSR count). The minimum Gasteiger partial charge on any atom is -0.481 e. The van der Waals surface area contributed by atoms with Gasteiger partial charge in [0.2, 0.25) is 5.91 Å². The highest BCUT2D eigenvalue weighted by Gasteiger charge is 2.41. The standard InChI is InChI=1S/C15H17NO3/c1-15(14(18)19)9-10-16(11-15)13(17)8-7-12-5-3-2-4-6-12/h2-8H,9-11H2,1H3,(H,18,19)/b8-7-/t15-/m1/s1. The van der Waals surface area contributed by atoms with Crippen LogP contribution in [0.1, 0.15) is 18.9 Å². The van der Waals surface area contributed by atoms with Crippen LogP contribution < -0.4 is 0 Å². The number of hydrogen-bond donors (Lipinski definition) is 1. The molecule has 1 aliphatic heterocycles. The molecule has 0 spiro atoms. The van der Waals surface area contributed by atoms with Gasteiger partial charge in [-0.2, -0.15) is 0 Å². The van der Waals surface area contributed by atoms with Crippen LogP contribution in [0.15, 0.2) is 36.4 Å². The summed E-state index contributed by atoms with van der Waals surface area (Å²) < 4.78 is 0. The summed E-state index contributed by atoms with van der Waals surface area (Å²) in [4.78, 5) is 24.7.